The maximum Gasteiger partial charge on any atom is 0.434 e. The first kappa shape index (κ1) is 17.5. The van der Waals surface area contributed by atoms with Crippen LogP contribution in [-0.2, 0) is 6.18 Å². The van der Waals surface area contributed by atoms with E-state index in [1.807, 2.05) is 0 Å². The molecule has 0 saturated heterocycles. The van der Waals surface area contributed by atoms with E-state index in [-0.39, 0.29) is 11.5 Å². The Balaban J connectivity index is 2.00. The van der Waals surface area contributed by atoms with Crippen LogP contribution in [0.25, 0.3) is 5.82 Å². The molecule has 2 aromatic heterocycles. The van der Waals surface area contributed by atoms with Crippen molar-refractivity contribution in [3.63, 3.8) is 0 Å². The molecule has 0 bridgehead atoms. The zero-order valence-electron chi connectivity index (χ0n) is 12.8. The van der Waals surface area contributed by atoms with Crippen LogP contribution in [0.5, 0.6) is 0 Å². The number of aromatic nitrogens is 3. The number of benzene rings is 1. The van der Waals surface area contributed by atoms with Gasteiger partial charge in [0.1, 0.15) is 0 Å². The highest BCUT2D eigenvalue weighted by Gasteiger charge is 2.40. The monoisotopic (exact) mass is 368 g/mol. The van der Waals surface area contributed by atoms with E-state index in [0.717, 1.165) is 18.3 Å². The summed E-state index contributed by atoms with van der Waals surface area (Å²) in [5, 5.41) is 5.67. The number of hydrogen-bond acceptors (Lipinski definition) is 3. The van der Waals surface area contributed by atoms with E-state index in [1.165, 1.54) is 24.4 Å². The van der Waals surface area contributed by atoms with E-state index in [1.54, 1.807) is 0 Å². The summed E-state index contributed by atoms with van der Waals surface area (Å²) in [6.07, 6.45) is -2.90. The zero-order valence-corrected chi connectivity index (χ0v) is 12.8. The first-order chi connectivity index (χ1) is 12.3. The van der Waals surface area contributed by atoms with Gasteiger partial charge >= 0.3 is 6.18 Å². The molecule has 10 heteroatoms. The second-order valence-electron chi connectivity index (χ2n) is 5.09. The van der Waals surface area contributed by atoms with Crippen molar-refractivity contribution in [1.82, 2.24) is 14.8 Å². The van der Waals surface area contributed by atoms with Crippen LogP contribution in [-0.4, -0.2) is 20.7 Å². The SMILES string of the molecule is O=C(Nc1ccc(F)c(F)c1)c1cnn(-c2ccccn2)c1C(F)(F)F. The summed E-state index contributed by atoms with van der Waals surface area (Å²) in [7, 11) is 0. The van der Waals surface area contributed by atoms with Gasteiger partial charge in [-0.1, -0.05) is 6.07 Å². The minimum absolute atomic E-state index is 0.133. The van der Waals surface area contributed by atoms with Crippen LogP contribution in [0, 0.1) is 11.6 Å². The van der Waals surface area contributed by atoms with Crippen molar-refractivity contribution in [3.8, 4) is 5.82 Å². The Morgan fingerprint density at radius 3 is 2.46 bits per heavy atom. The summed E-state index contributed by atoms with van der Waals surface area (Å²) in [6.45, 7) is 0. The number of alkyl halides is 3. The lowest BCUT2D eigenvalue weighted by molar-refractivity contribution is -0.143. The zero-order chi connectivity index (χ0) is 18.9. The Morgan fingerprint density at radius 1 is 1.08 bits per heavy atom. The average Bonchev–Trinajstić information content (AvgIpc) is 3.04. The van der Waals surface area contributed by atoms with E-state index in [2.05, 4.69) is 15.4 Å². The molecule has 2 heterocycles. The fourth-order valence-electron chi connectivity index (χ4n) is 2.21. The Labute approximate surface area is 143 Å². The third-order valence-electron chi connectivity index (χ3n) is 3.33. The quantitative estimate of drug-likeness (QED) is 0.715. The molecule has 1 aromatic carbocycles. The molecule has 26 heavy (non-hydrogen) atoms. The third kappa shape index (κ3) is 3.39. The number of nitrogens with zero attached hydrogens (tertiary/aromatic N) is 3. The van der Waals surface area contributed by atoms with Crippen molar-refractivity contribution in [1.29, 1.82) is 0 Å². The number of rotatable bonds is 3. The molecule has 1 amide bonds. The second kappa shape index (κ2) is 6.54. The molecular weight excluding hydrogens is 359 g/mol. The molecule has 134 valence electrons. The van der Waals surface area contributed by atoms with Gasteiger partial charge in [-0.2, -0.15) is 18.3 Å². The number of carbonyl (C=O) groups is 1. The Morgan fingerprint density at radius 2 is 1.85 bits per heavy atom. The maximum absolute atomic E-state index is 13.5. The van der Waals surface area contributed by atoms with E-state index < -0.39 is 35.0 Å². The number of anilines is 1. The Kier molecular flexibility index (Phi) is 4.41. The largest absolute Gasteiger partial charge is 0.434 e. The maximum atomic E-state index is 13.5. The normalized spacial score (nSPS) is 11.4. The molecule has 5 nitrogen and oxygen atoms in total. The van der Waals surface area contributed by atoms with Gasteiger partial charge in [-0.05, 0) is 24.3 Å². The van der Waals surface area contributed by atoms with Crippen LogP contribution < -0.4 is 5.32 Å². The highest BCUT2D eigenvalue weighted by molar-refractivity contribution is 6.05. The molecule has 0 aliphatic heterocycles. The molecule has 3 aromatic rings. The van der Waals surface area contributed by atoms with Crippen molar-refractivity contribution < 1.29 is 26.7 Å². The average molecular weight is 368 g/mol. The lowest BCUT2D eigenvalue weighted by Crippen LogP contribution is -2.21. The number of nitrogens with one attached hydrogen (secondary N) is 1. The van der Waals surface area contributed by atoms with Gasteiger partial charge in [-0.15, -0.1) is 0 Å². The molecule has 0 aliphatic carbocycles. The van der Waals surface area contributed by atoms with Gasteiger partial charge in [0.15, 0.2) is 23.1 Å². The molecule has 0 saturated carbocycles. The van der Waals surface area contributed by atoms with E-state index >= 15 is 0 Å². The van der Waals surface area contributed by atoms with E-state index in [9.17, 15) is 26.7 Å². The van der Waals surface area contributed by atoms with Gasteiger partial charge in [0.2, 0.25) is 0 Å². The van der Waals surface area contributed by atoms with Crippen LogP contribution in [0.4, 0.5) is 27.6 Å². The molecule has 0 aliphatic rings. The number of hydrogen-bond donors (Lipinski definition) is 1. The van der Waals surface area contributed by atoms with Gasteiger partial charge in [0, 0.05) is 18.0 Å². The van der Waals surface area contributed by atoms with Crippen molar-refractivity contribution >= 4 is 11.6 Å². The van der Waals surface area contributed by atoms with Crippen molar-refractivity contribution in [2.24, 2.45) is 0 Å². The lowest BCUT2D eigenvalue weighted by atomic mass is 10.2. The van der Waals surface area contributed by atoms with Crippen LogP contribution in [0.3, 0.4) is 0 Å². The van der Waals surface area contributed by atoms with Crippen LogP contribution in [0.2, 0.25) is 0 Å². The summed E-state index contributed by atoms with van der Waals surface area (Å²) < 4.78 is 67.0. The number of amides is 1. The molecule has 0 fully saturated rings. The van der Waals surface area contributed by atoms with Crippen LogP contribution in [0.1, 0.15) is 16.1 Å². The molecule has 0 radical (unpaired) electrons. The summed E-state index contributed by atoms with van der Waals surface area (Å²) in [6, 6.07) is 6.69. The minimum atomic E-state index is -4.91. The first-order valence-corrected chi connectivity index (χ1v) is 7.10. The fourth-order valence-corrected chi connectivity index (χ4v) is 2.21. The van der Waals surface area contributed by atoms with Crippen molar-refractivity contribution in [3.05, 3.63) is 71.7 Å². The standard InChI is InChI=1S/C16H9F5N4O/c17-11-5-4-9(7-12(11)18)24-15(26)10-8-23-25(14(10)16(19,20)21)13-3-1-2-6-22-13/h1-8H,(H,24,26). The molecule has 0 unspecified atom stereocenters. The molecule has 1 N–H and O–H groups in total. The van der Waals surface area contributed by atoms with Gasteiger partial charge in [0.05, 0.1) is 11.8 Å². The minimum Gasteiger partial charge on any atom is -0.322 e. The summed E-state index contributed by atoms with van der Waals surface area (Å²) in [4.78, 5) is 16.0. The smallest absolute Gasteiger partial charge is 0.322 e. The summed E-state index contributed by atoms with van der Waals surface area (Å²) in [5.74, 6) is -3.71. The number of pyridine rings is 1. The first-order valence-electron chi connectivity index (χ1n) is 7.10. The van der Waals surface area contributed by atoms with Gasteiger partial charge < -0.3 is 5.32 Å². The summed E-state index contributed by atoms with van der Waals surface area (Å²) in [5.41, 5.74) is -2.32. The summed E-state index contributed by atoms with van der Waals surface area (Å²) >= 11 is 0. The second-order valence-corrected chi connectivity index (χ2v) is 5.09. The molecule has 0 atom stereocenters. The predicted molar refractivity (Wildman–Crippen MR) is 80.7 cm³/mol. The molecular formula is C16H9F5N4O. The van der Waals surface area contributed by atoms with Gasteiger partial charge in [0.25, 0.3) is 5.91 Å². The van der Waals surface area contributed by atoms with E-state index in [4.69, 9.17) is 0 Å². The topological polar surface area (TPSA) is 59.8 Å². The predicted octanol–water partition coefficient (Wildman–Crippen LogP) is 3.82. The van der Waals surface area contributed by atoms with E-state index in [0.29, 0.717) is 10.7 Å². The van der Waals surface area contributed by atoms with Crippen molar-refractivity contribution in [2.45, 2.75) is 6.18 Å². The number of halogens is 5. The molecule has 0 spiro atoms. The van der Waals surface area contributed by atoms with Crippen molar-refractivity contribution in [2.75, 3.05) is 5.32 Å². The number of carbonyl (C=O) groups excluding carboxylic acids is 1. The van der Waals surface area contributed by atoms with Crippen LogP contribution >= 0.6 is 0 Å². The Hall–Kier alpha value is -3.30. The molecule has 3 rings (SSSR count). The highest BCUT2D eigenvalue weighted by Crippen LogP contribution is 2.33. The van der Waals surface area contributed by atoms with Crippen LogP contribution in [0.15, 0.2) is 48.8 Å². The highest BCUT2D eigenvalue weighted by atomic mass is 19.4. The van der Waals surface area contributed by atoms with Gasteiger partial charge in [-0.25, -0.2) is 18.4 Å². The third-order valence-corrected chi connectivity index (χ3v) is 3.33. The Bertz CT molecular complexity index is 953. The lowest BCUT2D eigenvalue weighted by Gasteiger charge is -2.12. The fraction of sp³-hybridized carbons (Fsp3) is 0.0625. The van der Waals surface area contributed by atoms with Gasteiger partial charge in [-0.3, -0.25) is 4.79 Å².